The molecule has 3 saturated heterocycles. The SMILES string of the molecule is C1CCOC1.C1CCOC1.c1ccc(P(c2ccccc2)[B-]2(c3ccccc3)[P+](c3ccccc3)(c3ccccc3)[B-](c3ccccc3)(P(c3ccccc3)c3ccccc3)[P+]2(c2ccccc2)c2ccccc2)cc1. The Labute approximate surface area is 455 Å². The van der Waals surface area contributed by atoms with E-state index in [1.165, 1.54) is 79.0 Å². The molecule has 10 aromatic carbocycles. The van der Waals surface area contributed by atoms with E-state index >= 15 is 0 Å². The van der Waals surface area contributed by atoms with Gasteiger partial charge in [-0.3, -0.25) is 0 Å². The van der Waals surface area contributed by atoms with Crippen molar-refractivity contribution in [2.75, 3.05) is 26.4 Å². The Balaban J connectivity index is 0.000000555. The van der Waals surface area contributed by atoms with Crippen molar-refractivity contribution in [2.24, 2.45) is 0 Å². The molecule has 0 unspecified atom stereocenters. The van der Waals surface area contributed by atoms with Crippen LogP contribution in [0.5, 0.6) is 0 Å². The minimum absolute atomic E-state index is 1.00. The van der Waals surface area contributed by atoms with E-state index in [0.29, 0.717) is 0 Å². The monoisotopic (exact) mass is 1060 g/mol. The molecule has 3 fully saturated rings. The van der Waals surface area contributed by atoms with Crippen molar-refractivity contribution in [1.82, 2.24) is 0 Å². The molecule has 10 aromatic rings. The smallest absolute Gasteiger partial charge is 0.318 e. The van der Waals surface area contributed by atoms with Crippen molar-refractivity contribution < 1.29 is 9.47 Å². The fourth-order valence-electron chi connectivity index (χ4n) is 13.6. The summed E-state index contributed by atoms with van der Waals surface area (Å²) in [6, 6.07) is 120. The first kappa shape index (κ1) is 52.0. The van der Waals surface area contributed by atoms with Gasteiger partial charge in [0.05, 0.1) is 0 Å². The van der Waals surface area contributed by atoms with Crippen LogP contribution in [0.15, 0.2) is 303 Å². The summed E-state index contributed by atoms with van der Waals surface area (Å²) in [6.07, 6.45) is 5.11. The van der Waals surface area contributed by atoms with Gasteiger partial charge in [0.1, 0.15) is 0 Å². The Hall–Kier alpha value is -6.03. The molecule has 0 spiro atoms. The van der Waals surface area contributed by atoms with Crippen molar-refractivity contribution in [3.8, 4) is 0 Å². The van der Waals surface area contributed by atoms with Gasteiger partial charge < -0.3 is 9.47 Å². The second-order valence-electron chi connectivity index (χ2n) is 19.9. The Kier molecular flexibility index (Phi) is 16.8. The van der Waals surface area contributed by atoms with Gasteiger partial charge in [-0.05, 0) is 95.4 Å². The summed E-state index contributed by atoms with van der Waals surface area (Å²) in [5, 5.41) is 8.08. The van der Waals surface area contributed by atoms with Crippen LogP contribution in [0.3, 0.4) is 0 Å². The van der Waals surface area contributed by atoms with Gasteiger partial charge in [-0.25, -0.2) is 0 Å². The van der Waals surface area contributed by atoms with E-state index in [0.717, 1.165) is 26.4 Å². The molecule has 0 N–H and O–H groups in total. The normalized spacial score (nSPS) is 19.1. The van der Waals surface area contributed by atoms with Crippen LogP contribution >= 0.6 is 29.6 Å². The number of rotatable bonds is 12. The molecule has 0 aromatic heterocycles. The average Bonchev–Trinajstić information content (AvgIpc) is 2.70. The van der Waals surface area contributed by atoms with Crippen molar-refractivity contribution in [3.05, 3.63) is 303 Å². The van der Waals surface area contributed by atoms with Gasteiger partial charge in [-0.15, -0.1) is 40.6 Å². The zero-order valence-electron chi connectivity index (χ0n) is 43.3. The summed E-state index contributed by atoms with van der Waals surface area (Å²) in [7, 11) is -8.15. The molecule has 0 amide bonds. The Morgan fingerprint density at radius 3 is 0.605 bits per heavy atom. The summed E-state index contributed by atoms with van der Waals surface area (Å²) in [5.74, 6) is 0. The molecule has 0 bridgehead atoms. The van der Waals surface area contributed by atoms with Gasteiger partial charge in [0, 0.05) is 47.6 Å². The Bertz CT molecular complexity index is 2900. The van der Waals surface area contributed by atoms with Crippen molar-refractivity contribution in [2.45, 2.75) is 25.7 Å². The van der Waals surface area contributed by atoms with Crippen LogP contribution in [0.4, 0.5) is 0 Å². The maximum atomic E-state index is 4.94. The van der Waals surface area contributed by atoms with Crippen molar-refractivity contribution >= 4 is 93.6 Å². The quantitative estimate of drug-likeness (QED) is 0.0897. The third-order valence-corrected chi connectivity index (χ3v) is 43.3. The van der Waals surface area contributed by atoms with Gasteiger partial charge in [-0.2, -0.15) is 0 Å². The van der Waals surface area contributed by atoms with E-state index in [2.05, 4.69) is 303 Å². The third-order valence-electron chi connectivity index (χ3n) is 16.0. The lowest BCUT2D eigenvalue weighted by molar-refractivity contribution is 0.198. The third kappa shape index (κ3) is 9.01. The molecule has 76 heavy (non-hydrogen) atoms. The van der Waals surface area contributed by atoms with Crippen LogP contribution in [-0.4, -0.2) is 37.0 Å². The van der Waals surface area contributed by atoms with Crippen LogP contribution in [0.25, 0.3) is 0 Å². The molecule has 0 atom stereocenters. The summed E-state index contributed by atoms with van der Waals surface area (Å²) < 4.78 is 9.89. The highest BCUT2D eigenvalue weighted by molar-refractivity contribution is 9.00. The number of hydrogen-bond acceptors (Lipinski definition) is 2. The van der Waals surface area contributed by atoms with Crippen molar-refractivity contribution in [3.63, 3.8) is 0 Å². The van der Waals surface area contributed by atoms with E-state index in [1.807, 2.05) is 0 Å². The molecule has 2 nitrogen and oxygen atoms in total. The summed E-state index contributed by atoms with van der Waals surface area (Å²) in [6.45, 7) is 4.00. The van der Waals surface area contributed by atoms with E-state index in [9.17, 15) is 0 Å². The van der Waals surface area contributed by atoms with Gasteiger partial charge in [0.15, 0.2) is 0 Å². The van der Waals surface area contributed by atoms with Crippen LogP contribution in [0, 0.1) is 0 Å². The number of benzene rings is 10. The molecule has 0 radical (unpaired) electrons. The molecule has 3 aliphatic rings. The molecular weight excluding hydrogens is 994 g/mol. The highest BCUT2D eigenvalue weighted by Crippen LogP contribution is 3.10. The van der Waals surface area contributed by atoms with Crippen LogP contribution in [0.1, 0.15) is 25.7 Å². The van der Waals surface area contributed by atoms with Crippen LogP contribution in [-0.2, 0) is 9.47 Å². The minimum Gasteiger partial charge on any atom is -0.381 e. The van der Waals surface area contributed by atoms with Crippen LogP contribution < -0.4 is 53.4 Å². The minimum atomic E-state index is -2.90. The fourth-order valence-corrected chi connectivity index (χ4v) is 54.8. The average molecular weight is 1060 g/mol. The molecule has 376 valence electrons. The molecule has 0 aliphatic carbocycles. The maximum absolute atomic E-state index is 4.94. The first-order chi connectivity index (χ1) is 37.8. The summed E-state index contributed by atoms with van der Waals surface area (Å²) in [4.78, 5) is 0. The predicted molar refractivity (Wildman–Crippen MR) is 340 cm³/mol. The topological polar surface area (TPSA) is 18.5 Å². The maximum Gasteiger partial charge on any atom is 0.318 e. The molecular formula is C68H66B2O2P4. The number of ether oxygens (including phenoxy) is 2. The van der Waals surface area contributed by atoms with E-state index in [1.54, 1.807) is 0 Å². The fraction of sp³-hybridized carbons (Fsp3) is 0.118. The Morgan fingerprint density at radius 2 is 0.421 bits per heavy atom. The van der Waals surface area contributed by atoms with Gasteiger partial charge in [0.2, 0.25) is 0 Å². The zero-order valence-corrected chi connectivity index (χ0v) is 46.9. The van der Waals surface area contributed by atoms with Crippen molar-refractivity contribution in [1.29, 1.82) is 0 Å². The Morgan fingerprint density at radius 1 is 0.237 bits per heavy atom. The molecule has 8 heteroatoms. The first-order valence-electron chi connectivity index (χ1n) is 27.2. The standard InChI is InChI=1S/C60H50B2P4.2C4H8O/c1-11-31-51(32-12-1)61(63(53-35-15-3-16-36-53)54-37-17-4-18-38-54)65(57-43-23-7-24-44-57,58-45-25-8-26-46-58)62(52-33-13-2-14-34-52,64(55-39-19-5-20-40-55)56-41-21-6-22-42-56)66(61,59-47-27-9-28-48-59)60-49-29-10-30-50-60;2*1-2-4-5-3-1/h1-50H;2*1-4H2. The van der Waals surface area contributed by atoms with Gasteiger partial charge >= 0.3 is 10.6 Å². The molecule has 13 rings (SSSR count). The lowest BCUT2D eigenvalue weighted by atomic mass is 9.85. The van der Waals surface area contributed by atoms with E-state index in [-0.39, 0.29) is 0 Å². The lowest BCUT2D eigenvalue weighted by Gasteiger charge is -2.85. The molecule has 0 saturated carbocycles. The second kappa shape index (κ2) is 24.5. The van der Waals surface area contributed by atoms with Crippen LogP contribution in [0.2, 0.25) is 0 Å². The first-order valence-corrected chi connectivity index (χ1v) is 33.9. The highest BCUT2D eigenvalue weighted by Gasteiger charge is 2.95. The zero-order chi connectivity index (χ0) is 51.4. The number of hydrogen-bond donors (Lipinski definition) is 0. The van der Waals surface area contributed by atoms with Gasteiger partial charge in [0.25, 0.3) is 0 Å². The molecule has 3 heterocycles. The second-order valence-corrected chi connectivity index (χ2v) is 35.7. The van der Waals surface area contributed by atoms with Gasteiger partial charge in [-0.1, -0.05) is 255 Å². The van der Waals surface area contributed by atoms with E-state index < -0.39 is 40.2 Å². The summed E-state index contributed by atoms with van der Waals surface area (Å²) in [5.41, 5.74) is 2.98. The van der Waals surface area contributed by atoms with E-state index in [4.69, 9.17) is 9.47 Å². The largest absolute Gasteiger partial charge is 0.381 e. The summed E-state index contributed by atoms with van der Waals surface area (Å²) >= 11 is 0. The lowest BCUT2D eigenvalue weighted by Crippen LogP contribution is -2.85. The predicted octanol–water partition coefficient (Wildman–Crippen LogP) is 12.9. The highest BCUT2D eigenvalue weighted by atomic mass is 31.3. The molecule has 3 aliphatic heterocycles.